The van der Waals surface area contributed by atoms with Crippen LogP contribution in [-0.4, -0.2) is 10.5 Å². The Morgan fingerprint density at radius 1 is 0.667 bits per heavy atom. The zero-order valence-corrected chi connectivity index (χ0v) is 22.2. The van der Waals surface area contributed by atoms with E-state index in [4.69, 9.17) is 4.74 Å². The molecule has 1 heterocycles. The molecular formula is C36H31NO2. The Bertz CT molecular complexity index is 1680. The summed E-state index contributed by atoms with van der Waals surface area (Å²) in [7, 11) is 0. The Morgan fingerprint density at radius 3 is 1.82 bits per heavy atom. The molecule has 0 bridgehead atoms. The van der Waals surface area contributed by atoms with Crippen molar-refractivity contribution < 1.29 is 9.53 Å². The number of rotatable bonds is 7. The van der Waals surface area contributed by atoms with Gasteiger partial charge in [-0.3, -0.25) is 0 Å². The average Bonchev–Trinajstić information content (AvgIpc) is 3.51. The van der Waals surface area contributed by atoms with Gasteiger partial charge in [-0.05, 0) is 64.2 Å². The summed E-state index contributed by atoms with van der Waals surface area (Å²) in [5.74, 6) is -0.254. The van der Waals surface area contributed by atoms with E-state index < -0.39 is 12.1 Å². The Kier molecular flexibility index (Phi) is 6.73. The van der Waals surface area contributed by atoms with Crippen molar-refractivity contribution in [1.29, 1.82) is 0 Å². The lowest BCUT2D eigenvalue weighted by Crippen LogP contribution is -2.25. The number of nitrogens with zero attached hydrogens (tertiary/aromatic N) is 1. The van der Waals surface area contributed by atoms with Crippen molar-refractivity contribution in [3.63, 3.8) is 0 Å². The number of aromatic nitrogens is 1. The van der Waals surface area contributed by atoms with Gasteiger partial charge >= 0.3 is 5.97 Å². The van der Waals surface area contributed by atoms with E-state index in [0.29, 0.717) is 6.42 Å². The van der Waals surface area contributed by atoms with Crippen LogP contribution in [0.25, 0.3) is 21.5 Å². The molecule has 0 saturated carbocycles. The van der Waals surface area contributed by atoms with E-state index in [1.165, 1.54) is 11.1 Å². The summed E-state index contributed by atoms with van der Waals surface area (Å²) in [4.78, 5) is 14.2. The van der Waals surface area contributed by atoms with Crippen molar-refractivity contribution in [1.82, 2.24) is 4.57 Å². The molecule has 3 nitrogen and oxygen atoms in total. The monoisotopic (exact) mass is 509 g/mol. The van der Waals surface area contributed by atoms with Crippen LogP contribution in [0.2, 0.25) is 0 Å². The van der Waals surface area contributed by atoms with Crippen LogP contribution < -0.4 is 0 Å². The first-order chi connectivity index (χ1) is 19.1. The van der Waals surface area contributed by atoms with Gasteiger partial charge in [0.1, 0.15) is 6.04 Å². The first kappa shape index (κ1) is 24.7. The maximum atomic E-state index is 14.2. The van der Waals surface area contributed by atoms with E-state index in [1.54, 1.807) is 0 Å². The number of esters is 1. The molecule has 0 saturated heterocycles. The first-order valence-corrected chi connectivity index (χ1v) is 13.4. The van der Waals surface area contributed by atoms with Crippen LogP contribution in [-0.2, 0) is 16.0 Å². The Hall–Kier alpha value is -4.63. The van der Waals surface area contributed by atoms with Crippen molar-refractivity contribution in [2.24, 2.45) is 0 Å². The molecule has 0 aliphatic rings. The first-order valence-electron chi connectivity index (χ1n) is 13.4. The van der Waals surface area contributed by atoms with E-state index in [-0.39, 0.29) is 5.97 Å². The number of ether oxygens (including phenoxy) is 1. The van der Waals surface area contributed by atoms with Gasteiger partial charge in [-0.25, -0.2) is 4.79 Å². The molecule has 3 heteroatoms. The molecule has 5 aromatic carbocycles. The van der Waals surface area contributed by atoms with Crippen LogP contribution >= 0.6 is 0 Å². The summed E-state index contributed by atoms with van der Waals surface area (Å²) in [6.45, 7) is 4.22. The Morgan fingerprint density at radius 2 is 1.23 bits per heavy atom. The summed E-state index contributed by atoms with van der Waals surface area (Å²) in [5.41, 5.74) is 5.54. The molecule has 0 aliphatic heterocycles. The van der Waals surface area contributed by atoms with Gasteiger partial charge in [0.25, 0.3) is 0 Å². The molecule has 39 heavy (non-hydrogen) atoms. The summed E-state index contributed by atoms with van der Waals surface area (Å²) in [6, 6.07) is 38.8. The predicted octanol–water partition coefficient (Wildman–Crippen LogP) is 8.53. The fourth-order valence-corrected chi connectivity index (χ4v) is 5.47. The molecule has 1 aromatic heterocycles. The SMILES string of the molecule is Cc1ccc(C[C@@H](C(=O)OC(c2cccc3ccccc23)c2cccc3ccccc23)n2cccc2)cc1C. The molecule has 0 aliphatic carbocycles. The van der Waals surface area contributed by atoms with Gasteiger partial charge in [-0.2, -0.15) is 0 Å². The third kappa shape index (κ3) is 4.96. The van der Waals surface area contributed by atoms with Crippen LogP contribution in [0.15, 0.2) is 128 Å². The fraction of sp³-hybridized carbons (Fsp3) is 0.139. The number of carbonyl (C=O) groups excluding carboxylic acids is 1. The molecule has 0 amide bonds. The summed E-state index contributed by atoms with van der Waals surface area (Å²) in [5, 5.41) is 4.40. The minimum absolute atomic E-state index is 0.254. The van der Waals surface area contributed by atoms with Crippen LogP contribution in [0.1, 0.15) is 40.0 Å². The van der Waals surface area contributed by atoms with Crippen molar-refractivity contribution in [2.75, 3.05) is 0 Å². The van der Waals surface area contributed by atoms with Gasteiger partial charge in [-0.15, -0.1) is 0 Å². The second-order valence-electron chi connectivity index (χ2n) is 10.2. The molecule has 1 atom stereocenters. The van der Waals surface area contributed by atoms with Crippen LogP contribution in [0.4, 0.5) is 0 Å². The standard InChI is InChI=1S/C36H31NO2/c1-25-19-20-27(23-26(25)2)24-34(37-21-7-8-22-37)36(38)39-35(32-17-9-13-28-11-3-5-15-30(28)32)33-18-10-14-29-12-4-6-16-31(29)33/h3-23,34-35H,24H2,1-2H3/t34-/m0/s1. The summed E-state index contributed by atoms with van der Waals surface area (Å²) < 4.78 is 8.55. The quantitative estimate of drug-likeness (QED) is 0.202. The van der Waals surface area contributed by atoms with E-state index in [9.17, 15) is 4.79 Å². The lowest BCUT2D eigenvalue weighted by Gasteiger charge is -2.26. The van der Waals surface area contributed by atoms with Crippen LogP contribution in [0, 0.1) is 13.8 Å². The Labute approximate surface area is 229 Å². The molecule has 0 radical (unpaired) electrons. The van der Waals surface area contributed by atoms with Gasteiger partial charge in [0.05, 0.1) is 0 Å². The largest absolute Gasteiger partial charge is 0.451 e. The summed E-state index contributed by atoms with van der Waals surface area (Å²) >= 11 is 0. The fourth-order valence-electron chi connectivity index (χ4n) is 5.47. The zero-order valence-electron chi connectivity index (χ0n) is 22.2. The van der Waals surface area contributed by atoms with Gasteiger partial charge in [-0.1, -0.05) is 103 Å². The molecule has 0 fully saturated rings. The highest BCUT2D eigenvalue weighted by Gasteiger charge is 2.29. The number of carbonyl (C=O) groups is 1. The highest BCUT2D eigenvalue weighted by molar-refractivity contribution is 5.90. The van der Waals surface area contributed by atoms with Crippen molar-refractivity contribution >= 4 is 27.5 Å². The molecule has 6 aromatic rings. The maximum Gasteiger partial charge on any atom is 0.330 e. The van der Waals surface area contributed by atoms with E-state index in [0.717, 1.165) is 38.2 Å². The Balaban J connectivity index is 1.46. The second-order valence-corrected chi connectivity index (χ2v) is 10.2. The third-order valence-corrected chi connectivity index (χ3v) is 7.71. The normalized spacial score (nSPS) is 12.2. The maximum absolute atomic E-state index is 14.2. The molecule has 0 N–H and O–H groups in total. The number of fused-ring (bicyclic) bond motifs is 2. The highest BCUT2D eigenvalue weighted by atomic mass is 16.5. The minimum atomic E-state index is -0.562. The number of aryl methyl sites for hydroxylation is 2. The molecule has 6 rings (SSSR count). The van der Waals surface area contributed by atoms with Crippen molar-refractivity contribution in [3.05, 3.63) is 155 Å². The minimum Gasteiger partial charge on any atom is -0.451 e. The smallest absolute Gasteiger partial charge is 0.330 e. The second kappa shape index (κ2) is 10.6. The van der Waals surface area contributed by atoms with Gasteiger partial charge in [0.2, 0.25) is 0 Å². The number of hydrogen-bond acceptors (Lipinski definition) is 2. The lowest BCUT2D eigenvalue weighted by molar-refractivity contribution is -0.151. The third-order valence-electron chi connectivity index (χ3n) is 7.71. The molecule has 0 spiro atoms. The number of benzene rings is 5. The van der Waals surface area contributed by atoms with Gasteiger partial charge < -0.3 is 9.30 Å². The molecule has 0 unspecified atom stereocenters. The topological polar surface area (TPSA) is 31.2 Å². The van der Waals surface area contributed by atoms with Crippen LogP contribution in [0.5, 0.6) is 0 Å². The van der Waals surface area contributed by atoms with Crippen molar-refractivity contribution in [3.8, 4) is 0 Å². The van der Waals surface area contributed by atoms with Gasteiger partial charge in [0.15, 0.2) is 6.10 Å². The summed E-state index contributed by atoms with van der Waals surface area (Å²) in [6.07, 6.45) is 3.87. The van der Waals surface area contributed by atoms with E-state index >= 15 is 0 Å². The number of hydrogen-bond donors (Lipinski definition) is 0. The molecular weight excluding hydrogens is 478 g/mol. The molecule has 192 valence electrons. The van der Waals surface area contributed by atoms with E-state index in [1.807, 2.05) is 65.5 Å². The zero-order chi connectivity index (χ0) is 26.8. The van der Waals surface area contributed by atoms with Crippen molar-refractivity contribution in [2.45, 2.75) is 32.4 Å². The van der Waals surface area contributed by atoms with Crippen LogP contribution in [0.3, 0.4) is 0 Å². The average molecular weight is 510 g/mol. The lowest BCUT2D eigenvalue weighted by atomic mass is 9.92. The van der Waals surface area contributed by atoms with Gasteiger partial charge in [0, 0.05) is 29.9 Å². The predicted molar refractivity (Wildman–Crippen MR) is 159 cm³/mol. The van der Waals surface area contributed by atoms with E-state index in [2.05, 4.69) is 80.6 Å². The highest BCUT2D eigenvalue weighted by Crippen LogP contribution is 2.37.